The van der Waals surface area contributed by atoms with Crippen LogP contribution in [0.2, 0.25) is 0 Å². The number of carbonyl (C=O) groups is 1. The molecular formula is C12H15N3O4. The summed E-state index contributed by atoms with van der Waals surface area (Å²) in [5.41, 5.74) is -0.355. The molecular weight excluding hydrogens is 250 g/mol. The Morgan fingerprint density at radius 3 is 3.05 bits per heavy atom. The molecule has 7 nitrogen and oxygen atoms in total. The number of H-pyrrole nitrogens is 1. The van der Waals surface area contributed by atoms with E-state index in [1.54, 1.807) is 6.92 Å². The van der Waals surface area contributed by atoms with E-state index in [0.29, 0.717) is 6.61 Å². The van der Waals surface area contributed by atoms with Crippen molar-refractivity contribution < 1.29 is 14.3 Å². The summed E-state index contributed by atoms with van der Waals surface area (Å²) in [5, 5.41) is 2.34. The van der Waals surface area contributed by atoms with E-state index < -0.39 is 11.8 Å². The second kappa shape index (κ2) is 7.18. The number of nitrogens with zero attached hydrogens (tertiary/aromatic N) is 1. The van der Waals surface area contributed by atoms with Crippen LogP contribution in [0.3, 0.4) is 0 Å². The van der Waals surface area contributed by atoms with Gasteiger partial charge in [0.1, 0.15) is 12.4 Å². The number of carbonyl (C=O) groups excluding carboxylic acids is 1. The Morgan fingerprint density at radius 2 is 2.42 bits per heavy atom. The highest BCUT2D eigenvalue weighted by Gasteiger charge is 2.10. The van der Waals surface area contributed by atoms with Gasteiger partial charge in [-0.15, -0.1) is 6.42 Å². The first kappa shape index (κ1) is 14.7. The normalized spacial score (nSPS) is 11.4. The van der Waals surface area contributed by atoms with Crippen LogP contribution in [0.5, 0.6) is 0 Å². The van der Waals surface area contributed by atoms with Gasteiger partial charge in [0.2, 0.25) is 0 Å². The van der Waals surface area contributed by atoms with Crippen molar-refractivity contribution in [1.29, 1.82) is 0 Å². The zero-order valence-corrected chi connectivity index (χ0v) is 10.7. The summed E-state index contributed by atoms with van der Waals surface area (Å²) in [4.78, 5) is 28.3. The Balaban J connectivity index is 2.60. The van der Waals surface area contributed by atoms with E-state index in [0.717, 1.165) is 0 Å². The second-order valence-electron chi connectivity index (χ2n) is 3.61. The molecule has 0 aliphatic heterocycles. The quantitative estimate of drug-likeness (QED) is 0.765. The minimum atomic E-state index is -0.732. The molecule has 0 aliphatic carbocycles. The van der Waals surface area contributed by atoms with Gasteiger partial charge in [-0.3, -0.25) is 10.3 Å². The van der Waals surface area contributed by atoms with Crippen LogP contribution >= 0.6 is 0 Å². The smallest absolute Gasteiger partial charge is 0.412 e. The number of rotatable bonds is 5. The third-order valence-electron chi connectivity index (χ3n) is 2.10. The summed E-state index contributed by atoms with van der Waals surface area (Å²) in [6.45, 7) is 4.25. The summed E-state index contributed by atoms with van der Waals surface area (Å²) in [6, 6.07) is 0. The molecule has 0 spiro atoms. The number of nitrogens with one attached hydrogen (secondary N) is 2. The highest BCUT2D eigenvalue weighted by atomic mass is 16.6. The van der Waals surface area contributed by atoms with Gasteiger partial charge in [-0.2, -0.15) is 0 Å². The summed E-state index contributed by atoms with van der Waals surface area (Å²) in [5.74, 6) is 2.37. The van der Waals surface area contributed by atoms with Crippen LogP contribution < -0.4 is 11.0 Å². The van der Waals surface area contributed by atoms with Crippen LogP contribution in [0, 0.1) is 12.3 Å². The van der Waals surface area contributed by atoms with Crippen molar-refractivity contribution in [3.8, 4) is 12.3 Å². The standard InChI is InChI=1S/C12H15N3O4/c1-4-9-6-13-11(16)14-10(9)15-12(17)19-7-8(3)18-5-2/h1,6,8H,5,7H2,2-3H3,(H2,13,14,15,16,17). The molecule has 1 heterocycles. The maximum absolute atomic E-state index is 11.5. The van der Waals surface area contributed by atoms with Crippen molar-refractivity contribution in [1.82, 2.24) is 9.97 Å². The average Bonchev–Trinajstić information content (AvgIpc) is 2.37. The predicted octanol–water partition coefficient (Wildman–Crippen LogP) is 0.725. The van der Waals surface area contributed by atoms with Crippen LogP contribution in [-0.4, -0.2) is 35.4 Å². The van der Waals surface area contributed by atoms with E-state index in [2.05, 4.69) is 21.2 Å². The van der Waals surface area contributed by atoms with Crippen LogP contribution in [0.15, 0.2) is 11.0 Å². The van der Waals surface area contributed by atoms with Gasteiger partial charge in [0, 0.05) is 6.61 Å². The first-order valence-electron chi connectivity index (χ1n) is 5.68. The van der Waals surface area contributed by atoms with Gasteiger partial charge in [0.25, 0.3) is 0 Å². The minimum absolute atomic E-state index is 0.0802. The number of hydrogen-bond acceptors (Lipinski definition) is 5. The first-order valence-corrected chi connectivity index (χ1v) is 5.68. The van der Waals surface area contributed by atoms with Crippen LogP contribution in [0.1, 0.15) is 19.4 Å². The Morgan fingerprint density at radius 1 is 1.68 bits per heavy atom. The highest BCUT2D eigenvalue weighted by Crippen LogP contribution is 2.07. The molecule has 0 aromatic carbocycles. The fraction of sp³-hybridized carbons (Fsp3) is 0.417. The molecule has 0 saturated carbocycles. The summed E-state index contributed by atoms with van der Waals surface area (Å²) in [6.07, 6.45) is 5.47. The molecule has 1 atom stereocenters. The van der Waals surface area contributed by atoms with Gasteiger partial charge in [-0.1, -0.05) is 5.92 Å². The molecule has 0 aliphatic rings. The van der Waals surface area contributed by atoms with Crippen LogP contribution in [0.4, 0.5) is 10.6 Å². The SMILES string of the molecule is C#Cc1cnc(=O)[nH]c1NC(=O)OCC(C)OCC. The number of terminal acetylenes is 1. The lowest BCUT2D eigenvalue weighted by molar-refractivity contribution is 0.0254. The largest absolute Gasteiger partial charge is 0.447 e. The van der Waals surface area contributed by atoms with Crippen LogP contribution in [-0.2, 0) is 9.47 Å². The monoisotopic (exact) mass is 265 g/mol. The molecule has 2 N–H and O–H groups in total. The van der Waals surface area contributed by atoms with Gasteiger partial charge in [-0.05, 0) is 13.8 Å². The lowest BCUT2D eigenvalue weighted by atomic mass is 10.3. The fourth-order valence-electron chi connectivity index (χ4n) is 1.27. The maximum atomic E-state index is 11.5. The van der Waals surface area contributed by atoms with E-state index in [1.807, 2.05) is 6.92 Å². The number of anilines is 1. The molecule has 19 heavy (non-hydrogen) atoms. The van der Waals surface area contributed by atoms with Gasteiger partial charge in [0.05, 0.1) is 17.9 Å². The molecule has 0 saturated heterocycles. The number of aromatic amines is 1. The molecule has 0 radical (unpaired) electrons. The summed E-state index contributed by atoms with van der Waals surface area (Å²) >= 11 is 0. The number of hydrogen-bond donors (Lipinski definition) is 2. The average molecular weight is 265 g/mol. The molecule has 1 rings (SSSR count). The first-order chi connectivity index (χ1) is 9.06. The molecule has 0 fully saturated rings. The topological polar surface area (TPSA) is 93.3 Å². The van der Waals surface area contributed by atoms with Gasteiger partial charge in [0.15, 0.2) is 0 Å². The maximum Gasteiger partial charge on any atom is 0.412 e. The number of aromatic nitrogens is 2. The lowest BCUT2D eigenvalue weighted by Gasteiger charge is -2.12. The Kier molecular flexibility index (Phi) is 5.57. The van der Waals surface area contributed by atoms with E-state index in [9.17, 15) is 9.59 Å². The van der Waals surface area contributed by atoms with E-state index in [1.165, 1.54) is 6.20 Å². The zero-order valence-electron chi connectivity index (χ0n) is 10.7. The summed E-state index contributed by atoms with van der Waals surface area (Å²) in [7, 11) is 0. The number of ether oxygens (including phenoxy) is 2. The van der Waals surface area contributed by atoms with Gasteiger partial charge < -0.3 is 9.47 Å². The third-order valence-corrected chi connectivity index (χ3v) is 2.10. The third kappa shape index (κ3) is 4.81. The van der Waals surface area contributed by atoms with Crippen LogP contribution in [0.25, 0.3) is 0 Å². The molecule has 1 aromatic rings. The highest BCUT2D eigenvalue weighted by molar-refractivity contribution is 5.84. The molecule has 1 aromatic heterocycles. The van der Waals surface area contributed by atoms with Crippen molar-refractivity contribution in [2.75, 3.05) is 18.5 Å². The van der Waals surface area contributed by atoms with Crippen molar-refractivity contribution in [2.24, 2.45) is 0 Å². The molecule has 0 bridgehead atoms. The van der Waals surface area contributed by atoms with E-state index in [-0.39, 0.29) is 24.1 Å². The van der Waals surface area contributed by atoms with Crippen molar-refractivity contribution >= 4 is 11.9 Å². The Bertz CT molecular complexity index is 533. The van der Waals surface area contributed by atoms with E-state index >= 15 is 0 Å². The summed E-state index contributed by atoms with van der Waals surface area (Å²) < 4.78 is 10.1. The Hall–Kier alpha value is -2.33. The second-order valence-corrected chi connectivity index (χ2v) is 3.61. The Labute approximate surface area is 110 Å². The minimum Gasteiger partial charge on any atom is -0.447 e. The molecule has 1 amide bonds. The lowest BCUT2D eigenvalue weighted by Crippen LogP contribution is -2.24. The molecule has 1 unspecified atom stereocenters. The predicted molar refractivity (Wildman–Crippen MR) is 68.9 cm³/mol. The van der Waals surface area contributed by atoms with Gasteiger partial charge >= 0.3 is 11.8 Å². The van der Waals surface area contributed by atoms with Crippen molar-refractivity contribution in [2.45, 2.75) is 20.0 Å². The van der Waals surface area contributed by atoms with Crippen molar-refractivity contribution in [3.63, 3.8) is 0 Å². The van der Waals surface area contributed by atoms with Crippen molar-refractivity contribution in [3.05, 3.63) is 22.2 Å². The fourth-order valence-corrected chi connectivity index (χ4v) is 1.27. The zero-order chi connectivity index (χ0) is 14.3. The molecule has 102 valence electrons. The van der Waals surface area contributed by atoms with Gasteiger partial charge in [-0.25, -0.2) is 14.6 Å². The number of amides is 1. The van der Waals surface area contributed by atoms with E-state index in [4.69, 9.17) is 15.9 Å². The molecule has 7 heteroatoms.